The van der Waals surface area contributed by atoms with Crippen LogP contribution in [0.2, 0.25) is 0 Å². The van der Waals surface area contributed by atoms with Crippen LogP contribution in [-0.4, -0.2) is 49.8 Å². The van der Waals surface area contributed by atoms with Crippen LogP contribution < -0.4 is 0 Å². The Labute approximate surface area is 88.1 Å². The van der Waals surface area contributed by atoms with Gasteiger partial charge in [0.1, 0.15) is 0 Å². The second-order valence-corrected chi connectivity index (χ2v) is 5.10. The molecule has 1 amide bonds. The first-order valence-corrected chi connectivity index (χ1v) is 6.28. The monoisotopic (exact) mass is 239 g/mol. The lowest BCUT2D eigenvalue weighted by atomic mass is 10.1. The molecule has 1 atom stereocenters. The molecule has 0 aromatic heterocycles. The van der Waals surface area contributed by atoms with Crippen molar-refractivity contribution in [3.63, 3.8) is 0 Å². The fourth-order valence-electron chi connectivity index (χ4n) is 1.72. The minimum Gasteiger partial charge on any atom is -0.396 e. The van der Waals surface area contributed by atoms with Gasteiger partial charge in [-0.2, -0.15) is 8.42 Å². The number of amides is 1. The summed E-state index contributed by atoms with van der Waals surface area (Å²) in [6, 6.07) is 0. The van der Waals surface area contributed by atoms with Gasteiger partial charge in [0, 0.05) is 32.0 Å². The highest BCUT2D eigenvalue weighted by Crippen LogP contribution is 2.20. The van der Waals surface area contributed by atoms with Crippen LogP contribution >= 0.6 is 0 Å². The maximum Gasteiger partial charge on any atom is 0.302 e. The minimum atomic E-state index is -4.50. The number of carbonyl (C=O) groups is 1. The standard InChI is InChI=1S/C8H14FNO4S/c9-15(13,14)6-7-4-8(12)10(5-7)2-1-3-11/h7,11H,1-6H2. The molecule has 0 aromatic carbocycles. The van der Waals surface area contributed by atoms with Crippen LogP contribution in [0.25, 0.3) is 0 Å². The van der Waals surface area contributed by atoms with Crippen LogP contribution in [0.15, 0.2) is 0 Å². The molecule has 0 bridgehead atoms. The van der Waals surface area contributed by atoms with Gasteiger partial charge in [0.05, 0.1) is 5.75 Å². The summed E-state index contributed by atoms with van der Waals surface area (Å²) in [6.07, 6.45) is 0.537. The van der Waals surface area contributed by atoms with Crippen LogP contribution in [0.5, 0.6) is 0 Å². The minimum absolute atomic E-state index is 0.0180. The molecule has 1 aliphatic rings. The number of aliphatic hydroxyl groups is 1. The Hall–Kier alpha value is -0.690. The van der Waals surface area contributed by atoms with Gasteiger partial charge in [0.25, 0.3) is 0 Å². The largest absolute Gasteiger partial charge is 0.396 e. The predicted molar refractivity (Wildman–Crippen MR) is 51.3 cm³/mol. The zero-order valence-electron chi connectivity index (χ0n) is 8.23. The number of halogens is 1. The van der Waals surface area contributed by atoms with Crippen LogP contribution in [0, 0.1) is 5.92 Å². The molecule has 5 nitrogen and oxygen atoms in total. The van der Waals surface area contributed by atoms with E-state index in [4.69, 9.17) is 5.11 Å². The summed E-state index contributed by atoms with van der Waals surface area (Å²) in [5, 5.41) is 8.57. The molecule has 1 fully saturated rings. The van der Waals surface area contributed by atoms with Gasteiger partial charge < -0.3 is 10.0 Å². The molecular weight excluding hydrogens is 225 g/mol. The van der Waals surface area contributed by atoms with Crippen molar-refractivity contribution in [1.82, 2.24) is 4.90 Å². The Kier molecular flexibility index (Phi) is 4.04. The van der Waals surface area contributed by atoms with E-state index in [2.05, 4.69) is 0 Å². The van der Waals surface area contributed by atoms with E-state index in [1.807, 2.05) is 0 Å². The normalized spacial score (nSPS) is 22.4. The van der Waals surface area contributed by atoms with Gasteiger partial charge in [0.2, 0.25) is 5.91 Å². The molecule has 0 saturated carbocycles. The van der Waals surface area contributed by atoms with Gasteiger partial charge in [-0.05, 0) is 6.42 Å². The van der Waals surface area contributed by atoms with Crippen molar-refractivity contribution in [2.45, 2.75) is 12.8 Å². The Morgan fingerprint density at radius 2 is 2.20 bits per heavy atom. The second-order valence-electron chi connectivity index (χ2n) is 3.69. The lowest BCUT2D eigenvalue weighted by Crippen LogP contribution is -2.27. The summed E-state index contributed by atoms with van der Waals surface area (Å²) < 4.78 is 33.1. The Balaban J connectivity index is 2.45. The third kappa shape index (κ3) is 4.13. The van der Waals surface area contributed by atoms with Gasteiger partial charge in [-0.15, -0.1) is 3.89 Å². The summed E-state index contributed by atoms with van der Waals surface area (Å²) in [5.41, 5.74) is 0. The predicted octanol–water partition coefficient (Wildman–Crippen LogP) is -0.483. The molecule has 0 aromatic rings. The highest BCUT2D eigenvalue weighted by molar-refractivity contribution is 7.86. The topological polar surface area (TPSA) is 74.7 Å². The molecule has 0 aliphatic carbocycles. The van der Waals surface area contributed by atoms with Gasteiger partial charge in [-0.1, -0.05) is 0 Å². The third-order valence-electron chi connectivity index (χ3n) is 2.32. The molecule has 1 unspecified atom stereocenters. The summed E-state index contributed by atoms with van der Waals surface area (Å²) in [6.45, 7) is 0.649. The van der Waals surface area contributed by atoms with E-state index in [9.17, 15) is 17.1 Å². The number of aliphatic hydroxyl groups excluding tert-OH is 1. The van der Waals surface area contributed by atoms with Gasteiger partial charge in [-0.25, -0.2) is 0 Å². The number of carbonyl (C=O) groups excluding carboxylic acids is 1. The number of nitrogens with zero attached hydrogens (tertiary/aromatic N) is 1. The van der Waals surface area contributed by atoms with Crippen LogP contribution in [0.1, 0.15) is 12.8 Å². The third-order valence-corrected chi connectivity index (χ3v) is 3.19. The smallest absolute Gasteiger partial charge is 0.302 e. The second kappa shape index (κ2) is 4.89. The molecular formula is C8H14FNO4S. The SMILES string of the molecule is O=C1CC(CS(=O)(=O)F)CN1CCCO. The quantitative estimate of drug-likeness (QED) is 0.657. The first-order chi connectivity index (χ1) is 6.92. The molecule has 1 heterocycles. The summed E-state index contributed by atoms with van der Waals surface area (Å²) in [7, 11) is -4.50. The van der Waals surface area contributed by atoms with Crippen molar-refractivity contribution in [1.29, 1.82) is 0 Å². The van der Waals surface area contributed by atoms with Crippen molar-refractivity contribution < 1.29 is 22.2 Å². The van der Waals surface area contributed by atoms with E-state index >= 15 is 0 Å². The average Bonchev–Trinajstić information content (AvgIpc) is 2.39. The number of hydrogen-bond acceptors (Lipinski definition) is 4. The van der Waals surface area contributed by atoms with Crippen molar-refractivity contribution in [3.05, 3.63) is 0 Å². The number of likely N-dealkylation sites (tertiary alicyclic amines) is 1. The van der Waals surface area contributed by atoms with E-state index in [-0.39, 0.29) is 25.5 Å². The summed E-state index contributed by atoms with van der Waals surface area (Å²) in [5.74, 6) is -1.21. The van der Waals surface area contributed by atoms with Crippen molar-refractivity contribution in [3.8, 4) is 0 Å². The molecule has 7 heteroatoms. The Bertz CT molecular complexity index is 330. The molecule has 0 spiro atoms. The van der Waals surface area contributed by atoms with E-state index in [1.165, 1.54) is 4.90 Å². The molecule has 1 aliphatic heterocycles. The number of rotatable bonds is 5. The fourth-order valence-corrected chi connectivity index (χ4v) is 2.51. The van der Waals surface area contributed by atoms with Crippen LogP contribution in [-0.2, 0) is 15.0 Å². The van der Waals surface area contributed by atoms with Crippen LogP contribution in [0.4, 0.5) is 3.89 Å². The van der Waals surface area contributed by atoms with E-state index in [0.717, 1.165) is 0 Å². The molecule has 0 radical (unpaired) electrons. The molecule has 15 heavy (non-hydrogen) atoms. The van der Waals surface area contributed by atoms with Gasteiger partial charge in [-0.3, -0.25) is 4.79 Å². The molecule has 1 N–H and O–H groups in total. The van der Waals surface area contributed by atoms with E-state index in [1.54, 1.807) is 0 Å². The Morgan fingerprint density at radius 1 is 1.53 bits per heavy atom. The number of hydrogen-bond donors (Lipinski definition) is 1. The highest BCUT2D eigenvalue weighted by atomic mass is 32.3. The van der Waals surface area contributed by atoms with Crippen LogP contribution in [0.3, 0.4) is 0 Å². The zero-order chi connectivity index (χ0) is 11.5. The van der Waals surface area contributed by atoms with Crippen molar-refractivity contribution in [2.75, 3.05) is 25.4 Å². The summed E-state index contributed by atoms with van der Waals surface area (Å²) >= 11 is 0. The van der Waals surface area contributed by atoms with Crippen molar-refractivity contribution >= 4 is 16.1 Å². The van der Waals surface area contributed by atoms with Gasteiger partial charge in [0.15, 0.2) is 0 Å². The summed E-state index contributed by atoms with van der Waals surface area (Å²) in [4.78, 5) is 12.8. The lowest BCUT2D eigenvalue weighted by molar-refractivity contribution is -0.127. The molecule has 1 rings (SSSR count). The maximum atomic E-state index is 12.3. The van der Waals surface area contributed by atoms with Gasteiger partial charge >= 0.3 is 10.2 Å². The zero-order valence-corrected chi connectivity index (χ0v) is 9.04. The highest BCUT2D eigenvalue weighted by Gasteiger charge is 2.32. The maximum absolute atomic E-state index is 12.3. The van der Waals surface area contributed by atoms with E-state index < -0.39 is 21.9 Å². The molecule has 88 valence electrons. The first-order valence-electron chi connectivity index (χ1n) is 4.73. The van der Waals surface area contributed by atoms with E-state index in [0.29, 0.717) is 13.0 Å². The lowest BCUT2D eigenvalue weighted by Gasteiger charge is -2.15. The molecule has 1 saturated heterocycles. The van der Waals surface area contributed by atoms with Crippen molar-refractivity contribution in [2.24, 2.45) is 5.92 Å². The fraction of sp³-hybridized carbons (Fsp3) is 0.875. The average molecular weight is 239 g/mol. The Morgan fingerprint density at radius 3 is 2.73 bits per heavy atom. The first kappa shape index (κ1) is 12.4.